The molecule has 2 aromatic heterocycles. The minimum atomic E-state index is -0.234. The molecule has 1 aliphatic rings. The van der Waals surface area contributed by atoms with Crippen molar-refractivity contribution >= 4 is 17.2 Å². The lowest BCUT2D eigenvalue weighted by Gasteiger charge is -2.37. The van der Waals surface area contributed by atoms with Crippen molar-refractivity contribution in [3.05, 3.63) is 46.4 Å². The third-order valence-electron chi connectivity index (χ3n) is 3.60. The number of amides is 1. The van der Waals surface area contributed by atoms with Gasteiger partial charge in [-0.1, -0.05) is 6.07 Å². The standard InChI is InChI=1S/C14H15N3O2S/c18-11-6-10(7-11)13(12-2-1-5-20-12)17-14(19)9-3-4-15-16-8-9/h1-5,8,10-11,13,18H,6-7H2,(H,17,19)/t10?,11?,13-/m1/s1. The van der Waals surface area contributed by atoms with Gasteiger partial charge in [-0.2, -0.15) is 10.2 Å². The molecule has 1 atom stereocenters. The summed E-state index contributed by atoms with van der Waals surface area (Å²) in [7, 11) is 0. The highest BCUT2D eigenvalue weighted by atomic mass is 32.1. The van der Waals surface area contributed by atoms with Gasteiger partial charge in [0.15, 0.2) is 0 Å². The van der Waals surface area contributed by atoms with Gasteiger partial charge in [-0.15, -0.1) is 11.3 Å². The summed E-state index contributed by atoms with van der Waals surface area (Å²) in [6.45, 7) is 0. The maximum absolute atomic E-state index is 12.2. The minimum Gasteiger partial charge on any atom is -0.393 e. The van der Waals surface area contributed by atoms with Gasteiger partial charge >= 0.3 is 0 Å². The number of nitrogens with zero attached hydrogens (tertiary/aromatic N) is 2. The van der Waals surface area contributed by atoms with Crippen LogP contribution in [-0.2, 0) is 0 Å². The molecule has 0 aliphatic heterocycles. The Morgan fingerprint density at radius 2 is 2.25 bits per heavy atom. The number of aliphatic hydroxyl groups excluding tert-OH is 1. The lowest BCUT2D eigenvalue weighted by Crippen LogP contribution is -2.41. The van der Waals surface area contributed by atoms with Crippen LogP contribution in [-0.4, -0.2) is 27.3 Å². The van der Waals surface area contributed by atoms with E-state index < -0.39 is 0 Å². The van der Waals surface area contributed by atoms with Crippen molar-refractivity contribution in [2.45, 2.75) is 25.0 Å². The summed E-state index contributed by atoms with van der Waals surface area (Å²) >= 11 is 1.62. The molecule has 2 N–H and O–H groups in total. The van der Waals surface area contributed by atoms with E-state index in [9.17, 15) is 9.90 Å². The maximum Gasteiger partial charge on any atom is 0.253 e. The second kappa shape index (κ2) is 5.68. The van der Waals surface area contributed by atoms with Crippen LogP contribution in [0.1, 0.15) is 34.1 Å². The van der Waals surface area contributed by atoms with Crippen LogP contribution in [0, 0.1) is 5.92 Å². The smallest absolute Gasteiger partial charge is 0.253 e. The fourth-order valence-electron chi connectivity index (χ4n) is 2.44. The van der Waals surface area contributed by atoms with Crippen LogP contribution in [0.25, 0.3) is 0 Å². The molecule has 0 aromatic carbocycles. The van der Waals surface area contributed by atoms with Crippen LogP contribution in [0.4, 0.5) is 0 Å². The summed E-state index contributed by atoms with van der Waals surface area (Å²) in [4.78, 5) is 13.4. The molecule has 2 heterocycles. The normalized spacial score (nSPS) is 22.9. The number of thiophene rings is 1. The van der Waals surface area contributed by atoms with Gasteiger partial charge in [0, 0.05) is 4.88 Å². The summed E-state index contributed by atoms with van der Waals surface area (Å²) in [6.07, 6.45) is 4.19. The largest absolute Gasteiger partial charge is 0.393 e. The van der Waals surface area contributed by atoms with Gasteiger partial charge in [0.1, 0.15) is 0 Å². The number of rotatable bonds is 4. The number of aromatic nitrogens is 2. The van der Waals surface area contributed by atoms with E-state index in [1.807, 2.05) is 17.5 Å². The Balaban J connectivity index is 1.75. The van der Waals surface area contributed by atoms with Crippen molar-refractivity contribution in [2.75, 3.05) is 0 Å². The Labute approximate surface area is 120 Å². The van der Waals surface area contributed by atoms with Crippen molar-refractivity contribution in [3.63, 3.8) is 0 Å². The topological polar surface area (TPSA) is 75.1 Å². The highest BCUT2D eigenvalue weighted by molar-refractivity contribution is 7.10. The molecule has 1 amide bonds. The minimum absolute atomic E-state index is 0.0425. The Bertz CT molecular complexity index is 567. The number of aliphatic hydroxyl groups is 1. The van der Waals surface area contributed by atoms with E-state index in [-0.39, 0.29) is 18.1 Å². The van der Waals surface area contributed by atoms with Crippen LogP contribution in [0.2, 0.25) is 0 Å². The quantitative estimate of drug-likeness (QED) is 0.899. The average Bonchev–Trinajstić information content (AvgIpc) is 2.96. The molecule has 0 radical (unpaired) electrons. The maximum atomic E-state index is 12.2. The molecule has 104 valence electrons. The van der Waals surface area contributed by atoms with Crippen molar-refractivity contribution < 1.29 is 9.90 Å². The van der Waals surface area contributed by atoms with Gasteiger partial charge in [0.05, 0.1) is 30.1 Å². The Hall–Kier alpha value is -1.79. The second-order valence-corrected chi connectivity index (χ2v) is 5.96. The third kappa shape index (κ3) is 2.71. The summed E-state index contributed by atoms with van der Waals surface area (Å²) in [5.41, 5.74) is 0.501. The van der Waals surface area contributed by atoms with Gasteiger partial charge in [0.2, 0.25) is 0 Å². The molecule has 0 unspecified atom stereocenters. The fourth-order valence-corrected chi connectivity index (χ4v) is 3.31. The molecular formula is C14H15N3O2S. The molecule has 5 nitrogen and oxygen atoms in total. The Morgan fingerprint density at radius 1 is 1.40 bits per heavy atom. The highest BCUT2D eigenvalue weighted by Gasteiger charge is 2.36. The number of carbonyl (C=O) groups is 1. The zero-order valence-corrected chi connectivity index (χ0v) is 11.6. The van der Waals surface area contributed by atoms with Gasteiger partial charge in [-0.25, -0.2) is 0 Å². The van der Waals surface area contributed by atoms with Gasteiger partial charge < -0.3 is 10.4 Å². The molecule has 3 rings (SSSR count). The number of hydrogen-bond donors (Lipinski definition) is 2. The van der Waals surface area contributed by atoms with E-state index in [0.717, 1.165) is 17.7 Å². The van der Waals surface area contributed by atoms with Gasteiger partial charge in [0.25, 0.3) is 5.91 Å². The molecule has 20 heavy (non-hydrogen) atoms. The lowest BCUT2D eigenvalue weighted by molar-refractivity contribution is 0.0241. The van der Waals surface area contributed by atoms with E-state index in [0.29, 0.717) is 11.5 Å². The van der Waals surface area contributed by atoms with Crippen molar-refractivity contribution in [1.82, 2.24) is 15.5 Å². The summed E-state index contributed by atoms with van der Waals surface area (Å²) < 4.78 is 0. The second-order valence-electron chi connectivity index (χ2n) is 4.98. The first kappa shape index (κ1) is 13.2. The Kier molecular flexibility index (Phi) is 3.75. The zero-order chi connectivity index (χ0) is 13.9. The molecular weight excluding hydrogens is 274 g/mol. The highest BCUT2D eigenvalue weighted by Crippen LogP contribution is 2.39. The van der Waals surface area contributed by atoms with Crippen LogP contribution < -0.4 is 5.32 Å². The van der Waals surface area contributed by atoms with Crippen molar-refractivity contribution in [1.29, 1.82) is 0 Å². The summed E-state index contributed by atoms with van der Waals surface area (Å²) in [5, 5.41) is 21.9. The molecule has 2 aromatic rings. The van der Waals surface area contributed by atoms with Gasteiger partial charge in [-0.05, 0) is 36.3 Å². The molecule has 6 heteroatoms. The third-order valence-corrected chi connectivity index (χ3v) is 4.56. The van der Waals surface area contributed by atoms with Crippen LogP contribution >= 0.6 is 11.3 Å². The van der Waals surface area contributed by atoms with E-state index in [2.05, 4.69) is 15.5 Å². The Morgan fingerprint density at radius 3 is 2.85 bits per heavy atom. The molecule has 1 saturated carbocycles. The van der Waals surface area contributed by atoms with Crippen LogP contribution in [0.3, 0.4) is 0 Å². The molecule has 1 aliphatic carbocycles. The SMILES string of the molecule is O=C(N[C@@H](c1cccs1)C1CC(O)C1)c1ccnnc1. The molecule has 0 bridgehead atoms. The van der Waals surface area contributed by atoms with Gasteiger partial charge in [-0.3, -0.25) is 4.79 Å². The van der Waals surface area contributed by atoms with Crippen LogP contribution in [0.5, 0.6) is 0 Å². The lowest BCUT2D eigenvalue weighted by atomic mass is 9.76. The monoisotopic (exact) mass is 289 g/mol. The zero-order valence-electron chi connectivity index (χ0n) is 10.8. The first-order valence-electron chi connectivity index (χ1n) is 6.53. The molecule has 1 fully saturated rings. The fraction of sp³-hybridized carbons (Fsp3) is 0.357. The van der Waals surface area contributed by atoms with E-state index in [4.69, 9.17) is 0 Å². The summed E-state index contributed by atoms with van der Waals surface area (Å²) in [5.74, 6) is 0.141. The van der Waals surface area contributed by atoms with E-state index in [1.54, 1.807) is 17.4 Å². The number of hydrogen-bond acceptors (Lipinski definition) is 5. The van der Waals surface area contributed by atoms with Crippen molar-refractivity contribution in [2.24, 2.45) is 5.92 Å². The first-order chi connectivity index (χ1) is 9.74. The van der Waals surface area contributed by atoms with Crippen molar-refractivity contribution in [3.8, 4) is 0 Å². The first-order valence-corrected chi connectivity index (χ1v) is 7.41. The average molecular weight is 289 g/mol. The number of carbonyl (C=O) groups excluding carboxylic acids is 1. The predicted octanol–water partition coefficient (Wildman–Crippen LogP) is 1.78. The summed E-state index contributed by atoms with van der Waals surface area (Å²) in [6, 6.07) is 5.59. The van der Waals surface area contributed by atoms with E-state index in [1.165, 1.54) is 12.4 Å². The predicted molar refractivity (Wildman–Crippen MR) is 75.3 cm³/mol. The molecule has 0 spiro atoms. The van der Waals surface area contributed by atoms with E-state index >= 15 is 0 Å². The molecule has 0 saturated heterocycles. The number of nitrogens with one attached hydrogen (secondary N) is 1. The van der Waals surface area contributed by atoms with Crippen LogP contribution in [0.15, 0.2) is 36.0 Å².